The number of carbonyl (C=O) groups excluding carboxylic acids is 1. The van der Waals surface area contributed by atoms with E-state index in [1.165, 1.54) is 12.1 Å². The van der Waals surface area contributed by atoms with Gasteiger partial charge in [-0.25, -0.2) is 4.39 Å². The Kier molecular flexibility index (Phi) is 3.47. The monoisotopic (exact) mass is 229 g/mol. The molecule has 0 heterocycles. The van der Waals surface area contributed by atoms with Crippen molar-refractivity contribution in [3.05, 3.63) is 34.6 Å². The number of hydrogen-bond acceptors (Lipinski definition) is 2. The molecule has 4 heteroatoms. The number of nitrogens with two attached hydrogens (primary N) is 1. The van der Waals surface area contributed by atoms with E-state index in [0.717, 1.165) is 6.07 Å². The van der Waals surface area contributed by atoms with Gasteiger partial charge in [0.25, 0.3) is 0 Å². The van der Waals surface area contributed by atoms with Crippen LogP contribution in [-0.4, -0.2) is 11.3 Å². The van der Waals surface area contributed by atoms with Crippen LogP contribution >= 0.6 is 11.6 Å². The van der Waals surface area contributed by atoms with E-state index < -0.39 is 17.1 Å². The van der Waals surface area contributed by atoms with Gasteiger partial charge in [-0.3, -0.25) is 4.79 Å². The first kappa shape index (κ1) is 12.1. The fourth-order valence-corrected chi connectivity index (χ4v) is 1.30. The van der Waals surface area contributed by atoms with Crippen molar-refractivity contribution in [1.29, 1.82) is 0 Å². The molecule has 0 aromatic heterocycles. The van der Waals surface area contributed by atoms with Crippen LogP contribution in [0.25, 0.3) is 0 Å². The highest BCUT2D eigenvalue weighted by molar-refractivity contribution is 6.30. The van der Waals surface area contributed by atoms with Crippen molar-refractivity contribution >= 4 is 17.4 Å². The van der Waals surface area contributed by atoms with Crippen LogP contribution < -0.4 is 5.73 Å². The van der Waals surface area contributed by atoms with E-state index in [-0.39, 0.29) is 10.6 Å². The van der Waals surface area contributed by atoms with Crippen molar-refractivity contribution in [3.63, 3.8) is 0 Å². The average Bonchev–Trinajstić information content (AvgIpc) is 2.17. The zero-order valence-corrected chi connectivity index (χ0v) is 9.44. The summed E-state index contributed by atoms with van der Waals surface area (Å²) in [4.78, 5) is 11.8. The van der Waals surface area contributed by atoms with E-state index in [1.54, 1.807) is 13.8 Å². The topological polar surface area (TPSA) is 43.1 Å². The summed E-state index contributed by atoms with van der Waals surface area (Å²) in [6, 6.07) is 3.95. The summed E-state index contributed by atoms with van der Waals surface area (Å²) < 4.78 is 13.4. The molecule has 0 spiro atoms. The maximum atomic E-state index is 13.4. The van der Waals surface area contributed by atoms with Gasteiger partial charge in [0.2, 0.25) is 0 Å². The molecule has 1 atom stereocenters. The van der Waals surface area contributed by atoms with Crippen LogP contribution in [0.4, 0.5) is 4.39 Å². The molecule has 0 aliphatic carbocycles. The third-order valence-electron chi connectivity index (χ3n) is 2.43. The van der Waals surface area contributed by atoms with E-state index in [1.807, 2.05) is 0 Å². The first-order valence-corrected chi connectivity index (χ1v) is 5.05. The number of carbonyl (C=O) groups is 1. The highest BCUT2D eigenvalue weighted by Gasteiger charge is 2.29. The lowest BCUT2D eigenvalue weighted by atomic mass is 9.90. The van der Waals surface area contributed by atoms with Gasteiger partial charge in [-0.15, -0.1) is 0 Å². The summed E-state index contributed by atoms with van der Waals surface area (Å²) in [6.45, 7) is 3.37. The molecule has 0 bridgehead atoms. The van der Waals surface area contributed by atoms with Gasteiger partial charge >= 0.3 is 0 Å². The molecule has 0 radical (unpaired) electrons. The molecule has 2 N–H and O–H groups in total. The average molecular weight is 230 g/mol. The Morgan fingerprint density at radius 2 is 2.20 bits per heavy atom. The van der Waals surface area contributed by atoms with Gasteiger partial charge in [0.05, 0.1) is 11.1 Å². The van der Waals surface area contributed by atoms with Gasteiger partial charge in [0, 0.05) is 5.02 Å². The second kappa shape index (κ2) is 4.29. The van der Waals surface area contributed by atoms with Crippen LogP contribution in [0.1, 0.15) is 30.6 Å². The van der Waals surface area contributed by atoms with E-state index in [0.29, 0.717) is 6.42 Å². The van der Waals surface area contributed by atoms with Crippen LogP contribution in [0.2, 0.25) is 5.02 Å². The third-order valence-corrected chi connectivity index (χ3v) is 2.66. The summed E-state index contributed by atoms with van der Waals surface area (Å²) in [7, 11) is 0. The minimum Gasteiger partial charge on any atom is -0.319 e. The first-order valence-electron chi connectivity index (χ1n) is 4.67. The van der Waals surface area contributed by atoms with E-state index in [4.69, 9.17) is 17.3 Å². The quantitative estimate of drug-likeness (QED) is 0.810. The van der Waals surface area contributed by atoms with Crippen LogP contribution in [-0.2, 0) is 0 Å². The Morgan fingerprint density at radius 3 is 2.67 bits per heavy atom. The molecule has 1 unspecified atom stereocenters. The number of benzene rings is 1. The van der Waals surface area contributed by atoms with Gasteiger partial charge < -0.3 is 5.73 Å². The number of Topliss-reactive ketones (excluding diaryl/α,β-unsaturated/α-hetero) is 1. The SMILES string of the molecule is CCC(C)(N)C(=O)c1ccc(Cl)cc1F. The number of ketones is 1. The molecule has 82 valence electrons. The van der Waals surface area contributed by atoms with Crippen molar-refractivity contribution in [2.75, 3.05) is 0 Å². The second-order valence-electron chi connectivity index (χ2n) is 3.72. The predicted octanol–water partition coefficient (Wildman–Crippen LogP) is 2.79. The smallest absolute Gasteiger partial charge is 0.185 e. The number of halogens is 2. The molecule has 0 saturated carbocycles. The highest BCUT2D eigenvalue weighted by atomic mass is 35.5. The molecule has 0 aliphatic rings. The predicted molar refractivity (Wildman–Crippen MR) is 58.6 cm³/mol. The number of rotatable bonds is 3. The molecule has 15 heavy (non-hydrogen) atoms. The van der Waals surface area contributed by atoms with Gasteiger partial charge in [-0.1, -0.05) is 18.5 Å². The van der Waals surface area contributed by atoms with E-state index >= 15 is 0 Å². The van der Waals surface area contributed by atoms with Gasteiger partial charge in [-0.05, 0) is 31.5 Å². The lowest BCUT2D eigenvalue weighted by Crippen LogP contribution is -2.44. The highest BCUT2D eigenvalue weighted by Crippen LogP contribution is 2.20. The van der Waals surface area contributed by atoms with Gasteiger partial charge in [0.15, 0.2) is 5.78 Å². The van der Waals surface area contributed by atoms with Crippen molar-refractivity contribution in [3.8, 4) is 0 Å². The lowest BCUT2D eigenvalue weighted by Gasteiger charge is -2.21. The third kappa shape index (κ3) is 2.55. The Labute approximate surface area is 93.2 Å². The Morgan fingerprint density at radius 1 is 1.60 bits per heavy atom. The molecular weight excluding hydrogens is 217 g/mol. The van der Waals surface area contributed by atoms with E-state index in [2.05, 4.69) is 0 Å². The van der Waals surface area contributed by atoms with Crippen LogP contribution in [0.15, 0.2) is 18.2 Å². The largest absolute Gasteiger partial charge is 0.319 e. The summed E-state index contributed by atoms with van der Waals surface area (Å²) in [5, 5.41) is 0.263. The Balaban J connectivity index is 3.12. The molecule has 0 aliphatic heterocycles. The molecule has 1 aromatic carbocycles. The van der Waals surface area contributed by atoms with E-state index in [9.17, 15) is 9.18 Å². The van der Waals surface area contributed by atoms with Crippen molar-refractivity contribution in [2.24, 2.45) is 5.73 Å². The maximum absolute atomic E-state index is 13.4. The maximum Gasteiger partial charge on any atom is 0.185 e. The standard InChI is InChI=1S/C11H13ClFNO/c1-3-11(2,14)10(15)8-5-4-7(12)6-9(8)13/h4-6H,3,14H2,1-2H3. The van der Waals surface area contributed by atoms with Crippen molar-refractivity contribution < 1.29 is 9.18 Å². The van der Waals surface area contributed by atoms with Crippen molar-refractivity contribution in [2.45, 2.75) is 25.8 Å². The summed E-state index contributed by atoms with van der Waals surface area (Å²) in [5.74, 6) is -1.03. The Bertz CT molecular complexity index is 390. The van der Waals surface area contributed by atoms with Gasteiger partial charge in [0.1, 0.15) is 5.82 Å². The number of hydrogen-bond donors (Lipinski definition) is 1. The molecule has 1 aromatic rings. The molecule has 1 rings (SSSR count). The first-order chi connectivity index (χ1) is 6.88. The Hall–Kier alpha value is -0.930. The lowest BCUT2D eigenvalue weighted by molar-refractivity contribution is 0.0893. The minimum absolute atomic E-state index is 0.00810. The van der Waals surface area contributed by atoms with Crippen LogP contribution in [0.5, 0.6) is 0 Å². The van der Waals surface area contributed by atoms with Crippen LogP contribution in [0, 0.1) is 5.82 Å². The summed E-state index contributed by atoms with van der Waals surface area (Å²) >= 11 is 5.59. The zero-order chi connectivity index (χ0) is 11.6. The zero-order valence-electron chi connectivity index (χ0n) is 8.68. The van der Waals surface area contributed by atoms with Crippen LogP contribution in [0.3, 0.4) is 0 Å². The fourth-order valence-electron chi connectivity index (χ4n) is 1.14. The second-order valence-corrected chi connectivity index (χ2v) is 4.16. The molecule has 0 saturated heterocycles. The normalized spacial score (nSPS) is 14.7. The van der Waals surface area contributed by atoms with Crippen molar-refractivity contribution in [1.82, 2.24) is 0 Å². The molecule has 0 fully saturated rings. The molecule has 0 amide bonds. The molecular formula is C11H13ClFNO. The minimum atomic E-state index is -1.03. The van der Waals surface area contributed by atoms with Gasteiger partial charge in [-0.2, -0.15) is 0 Å². The fraction of sp³-hybridized carbons (Fsp3) is 0.364. The molecule has 2 nitrogen and oxygen atoms in total. The summed E-state index contributed by atoms with van der Waals surface area (Å²) in [6.07, 6.45) is 0.452. The summed E-state index contributed by atoms with van der Waals surface area (Å²) in [5.41, 5.74) is 4.71.